The number of alkyl carbamates (subject to hydrolysis) is 2. The summed E-state index contributed by atoms with van der Waals surface area (Å²) in [7, 11) is 0. The number of carboxylic acids is 1. The van der Waals surface area contributed by atoms with Gasteiger partial charge in [-0.1, -0.05) is 109 Å². The third kappa shape index (κ3) is 13.0. The molecule has 312 valence electrons. The number of unbranched alkanes of at least 4 members (excludes halogenated alkanes) is 1. The van der Waals surface area contributed by atoms with Gasteiger partial charge in [0, 0.05) is 25.6 Å². The maximum atomic E-state index is 13.6. The fourth-order valence-electron chi connectivity index (χ4n) is 7.35. The largest absolute Gasteiger partial charge is 0.480 e. The summed E-state index contributed by atoms with van der Waals surface area (Å²) >= 11 is 0. The summed E-state index contributed by atoms with van der Waals surface area (Å²) in [5.41, 5.74) is 5.99. The summed E-state index contributed by atoms with van der Waals surface area (Å²) in [6, 6.07) is 33.5. The molecule has 4 aromatic rings. The highest BCUT2D eigenvalue weighted by Gasteiger charge is 2.30. The molecule has 13 nitrogen and oxygen atoms in total. The first-order valence-electron chi connectivity index (χ1n) is 20.4. The van der Waals surface area contributed by atoms with E-state index in [1.807, 2.05) is 109 Å². The van der Waals surface area contributed by atoms with E-state index in [1.54, 1.807) is 4.90 Å². The monoisotopic (exact) mass is 807 g/mol. The van der Waals surface area contributed by atoms with Crippen LogP contribution in [-0.4, -0.2) is 85.5 Å². The lowest BCUT2D eigenvalue weighted by Crippen LogP contribution is -2.43. The zero-order valence-electron chi connectivity index (χ0n) is 33.2. The molecule has 0 bridgehead atoms. The van der Waals surface area contributed by atoms with E-state index in [2.05, 4.69) is 10.6 Å². The van der Waals surface area contributed by atoms with Crippen LogP contribution in [0.25, 0.3) is 11.1 Å². The van der Waals surface area contributed by atoms with Crippen molar-refractivity contribution in [2.45, 2.75) is 82.5 Å². The molecule has 0 aromatic heterocycles. The highest BCUT2D eigenvalue weighted by molar-refractivity contribution is 5.81. The second kappa shape index (κ2) is 22.3. The number of nitrogens with one attached hydrogen (secondary N) is 2. The number of hydrogen-bond acceptors (Lipinski definition) is 9. The van der Waals surface area contributed by atoms with Crippen LogP contribution in [0.1, 0.15) is 73.1 Å². The number of ether oxygens (including phenoxy) is 5. The average molecular weight is 808 g/mol. The van der Waals surface area contributed by atoms with Gasteiger partial charge >= 0.3 is 24.2 Å². The molecule has 1 aliphatic heterocycles. The van der Waals surface area contributed by atoms with Crippen LogP contribution >= 0.6 is 0 Å². The van der Waals surface area contributed by atoms with E-state index in [0.717, 1.165) is 46.2 Å². The van der Waals surface area contributed by atoms with E-state index >= 15 is 0 Å². The van der Waals surface area contributed by atoms with Crippen LogP contribution in [0.15, 0.2) is 109 Å². The maximum Gasteiger partial charge on any atom is 0.410 e. The summed E-state index contributed by atoms with van der Waals surface area (Å²) in [5, 5.41) is 15.3. The Morgan fingerprint density at radius 3 is 1.98 bits per heavy atom. The van der Waals surface area contributed by atoms with Crippen LogP contribution in [0.5, 0.6) is 0 Å². The Morgan fingerprint density at radius 2 is 1.36 bits per heavy atom. The molecule has 0 radical (unpaired) electrons. The maximum absolute atomic E-state index is 13.6. The third-order valence-corrected chi connectivity index (χ3v) is 10.4. The molecule has 1 unspecified atom stereocenters. The van der Waals surface area contributed by atoms with Gasteiger partial charge in [-0.2, -0.15) is 0 Å². The Hall–Kier alpha value is -5.92. The van der Waals surface area contributed by atoms with Crippen molar-refractivity contribution in [2.75, 3.05) is 32.8 Å². The number of carbonyl (C=O) groups is 4. The van der Waals surface area contributed by atoms with Gasteiger partial charge in [0.1, 0.15) is 25.9 Å². The Balaban J connectivity index is 1.03. The summed E-state index contributed by atoms with van der Waals surface area (Å²) in [6.07, 6.45) is 0.897. The summed E-state index contributed by atoms with van der Waals surface area (Å²) < 4.78 is 28.9. The summed E-state index contributed by atoms with van der Waals surface area (Å²) in [5.74, 6) is -1.35. The van der Waals surface area contributed by atoms with Gasteiger partial charge in [-0.25, -0.2) is 19.2 Å². The summed E-state index contributed by atoms with van der Waals surface area (Å²) in [6.45, 7) is 1.41. The SMILES string of the molecule is O=C(NCC[C@H](CN(CCCC[C@H](NC(=O)OCC1c2ccccc2-c2ccccc21)C(=O)O)C(=O)OCc1ccccc1)OC1CCCCO1)OCc1ccccc1. The minimum atomic E-state index is -1.20. The Kier molecular flexibility index (Phi) is 16.1. The normalized spacial score (nSPS) is 15.5. The van der Waals surface area contributed by atoms with Gasteiger partial charge in [0.2, 0.25) is 0 Å². The highest BCUT2D eigenvalue weighted by atomic mass is 16.7. The topological polar surface area (TPSA) is 162 Å². The molecule has 1 heterocycles. The molecular formula is C46H53N3O10. The van der Waals surface area contributed by atoms with Crippen LogP contribution < -0.4 is 10.6 Å². The smallest absolute Gasteiger partial charge is 0.410 e. The first kappa shape index (κ1) is 42.7. The zero-order valence-corrected chi connectivity index (χ0v) is 33.2. The second-order valence-corrected chi connectivity index (χ2v) is 14.7. The fraction of sp³-hybridized carbons (Fsp3) is 0.391. The van der Waals surface area contributed by atoms with Crippen molar-refractivity contribution in [1.29, 1.82) is 0 Å². The van der Waals surface area contributed by atoms with E-state index in [1.165, 1.54) is 0 Å². The third-order valence-electron chi connectivity index (χ3n) is 10.4. The van der Waals surface area contributed by atoms with Crippen molar-refractivity contribution in [3.8, 4) is 11.1 Å². The molecule has 1 saturated heterocycles. The lowest BCUT2D eigenvalue weighted by atomic mass is 9.98. The van der Waals surface area contributed by atoms with Crippen LogP contribution in [0.4, 0.5) is 14.4 Å². The molecule has 0 spiro atoms. The standard InChI is InChI=1S/C46H53N3O10/c50-43(51)41(48-45(53)57-32-40-38-21-9-7-19-36(38)37-20-8-10-22-39(37)40)23-11-13-27-49(46(54)58-31-34-17-5-2-6-18-34)29-35(59-42-24-12-14-28-55-42)25-26-47-44(52)56-30-33-15-3-1-4-16-33/h1-10,15-22,35,40-42H,11-14,23-32H2,(H,47,52)(H,48,53)(H,50,51)/t35-,41+,42?/m1/s1. The van der Waals surface area contributed by atoms with Crippen molar-refractivity contribution in [1.82, 2.24) is 15.5 Å². The number of carbonyl (C=O) groups excluding carboxylic acids is 3. The lowest BCUT2D eigenvalue weighted by molar-refractivity contribution is -0.191. The molecule has 2 aliphatic rings. The molecule has 13 heteroatoms. The molecule has 3 amide bonds. The van der Waals surface area contributed by atoms with Crippen LogP contribution in [0.3, 0.4) is 0 Å². The Labute approximate surface area is 344 Å². The van der Waals surface area contributed by atoms with Crippen LogP contribution in [0, 0.1) is 0 Å². The van der Waals surface area contributed by atoms with Gasteiger partial charge in [-0.3, -0.25) is 0 Å². The molecule has 3 N–H and O–H groups in total. The number of nitrogens with zero attached hydrogens (tertiary/aromatic N) is 1. The molecule has 4 aromatic carbocycles. The van der Waals surface area contributed by atoms with Crippen molar-refractivity contribution in [2.24, 2.45) is 0 Å². The molecular weight excluding hydrogens is 755 g/mol. The number of benzene rings is 4. The fourth-order valence-corrected chi connectivity index (χ4v) is 7.35. The van der Waals surface area contributed by atoms with E-state index < -0.39 is 42.7 Å². The number of rotatable bonds is 20. The molecule has 59 heavy (non-hydrogen) atoms. The second-order valence-electron chi connectivity index (χ2n) is 14.7. The Bertz CT molecular complexity index is 1910. The van der Waals surface area contributed by atoms with Crippen molar-refractivity contribution in [3.05, 3.63) is 131 Å². The van der Waals surface area contributed by atoms with Gasteiger partial charge in [-0.15, -0.1) is 0 Å². The van der Waals surface area contributed by atoms with Gasteiger partial charge in [0.05, 0.1) is 12.6 Å². The quantitative estimate of drug-likeness (QED) is 0.0589. The number of hydrogen-bond donors (Lipinski definition) is 3. The lowest BCUT2D eigenvalue weighted by Gasteiger charge is -2.31. The van der Waals surface area contributed by atoms with E-state index in [-0.39, 0.29) is 51.8 Å². The highest BCUT2D eigenvalue weighted by Crippen LogP contribution is 2.44. The van der Waals surface area contributed by atoms with E-state index in [9.17, 15) is 24.3 Å². The molecule has 3 atom stereocenters. The number of fused-ring (bicyclic) bond motifs is 3. The van der Waals surface area contributed by atoms with Crippen molar-refractivity contribution < 1.29 is 48.0 Å². The molecule has 6 rings (SSSR count). The van der Waals surface area contributed by atoms with Crippen molar-refractivity contribution >= 4 is 24.2 Å². The van der Waals surface area contributed by atoms with E-state index in [4.69, 9.17) is 23.7 Å². The first-order valence-corrected chi connectivity index (χ1v) is 20.4. The number of carboxylic acid groups (broad SMARTS) is 1. The molecule has 0 saturated carbocycles. The van der Waals surface area contributed by atoms with Crippen LogP contribution in [0.2, 0.25) is 0 Å². The average Bonchev–Trinajstić information content (AvgIpc) is 3.59. The van der Waals surface area contributed by atoms with Gasteiger partial charge in [0.15, 0.2) is 6.29 Å². The van der Waals surface area contributed by atoms with E-state index in [0.29, 0.717) is 32.3 Å². The minimum absolute atomic E-state index is 0.0613. The molecule has 1 aliphatic carbocycles. The number of amides is 3. The summed E-state index contributed by atoms with van der Waals surface area (Å²) in [4.78, 5) is 52.9. The predicted molar refractivity (Wildman–Crippen MR) is 219 cm³/mol. The zero-order chi connectivity index (χ0) is 41.2. The molecule has 1 fully saturated rings. The Morgan fingerprint density at radius 1 is 0.729 bits per heavy atom. The number of aliphatic carboxylic acids is 1. The minimum Gasteiger partial charge on any atom is -0.480 e. The van der Waals surface area contributed by atoms with Gasteiger partial charge < -0.3 is 44.3 Å². The first-order chi connectivity index (χ1) is 28.8. The predicted octanol–water partition coefficient (Wildman–Crippen LogP) is 8.02. The van der Waals surface area contributed by atoms with Gasteiger partial charge in [0.25, 0.3) is 0 Å². The van der Waals surface area contributed by atoms with Crippen LogP contribution in [-0.2, 0) is 41.7 Å². The van der Waals surface area contributed by atoms with Gasteiger partial charge in [-0.05, 0) is 78.3 Å². The van der Waals surface area contributed by atoms with Crippen molar-refractivity contribution in [3.63, 3.8) is 0 Å².